The summed E-state index contributed by atoms with van der Waals surface area (Å²) in [5.74, 6) is 1.23. The van der Waals surface area contributed by atoms with E-state index in [1.807, 2.05) is 6.07 Å². The monoisotopic (exact) mass is 508 g/mol. The fourth-order valence-corrected chi connectivity index (χ4v) is 7.57. The van der Waals surface area contributed by atoms with Crippen LogP contribution in [0.1, 0.15) is 65.6 Å². The van der Waals surface area contributed by atoms with Crippen LogP contribution in [0.3, 0.4) is 0 Å². The zero-order valence-corrected chi connectivity index (χ0v) is 21.8. The Labute approximate surface area is 214 Å². The minimum atomic E-state index is -3.15. The Morgan fingerprint density at radius 1 is 1.03 bits per heavy atom. The summed E-state index contributed by atoms with van der Waals surface area (Å²) in [6.07, 6.45) is 4.39. The summed E-state index contributed by atoms with van der Waals surface area (Å²) in [5, 5.41) is 3.46. The number of nitrogens with one attached hydrogen (secondary N) is 1. The van der Waals surface area contributed by atoms with Gasteiger partial charge in [-0.05, 0) is 90.5 Å². The molecule has 1 unspecified atom stereocenters. The number of rotatable bonds is 7. The second-order valence-corrected chi connectivity index (χ2v) is 13.3. The third kappa shape index (κ3) is 4.44. The number of fused-ring (bicyclic) bond motifs is 2. The molecule has 4 aliphatic rings. The normalized spacial score (nSPS) is 22.9. The molecule has 1 saturated carbocycles. The minimum absolute atomic E-state index is 0.149. The van der Waals surface area contributed by atoms with Crippen molar-refractivity contribution in [1.82, 2.24) is 9.21 Å². The number of piperidine rings is 1. The molecule has 192 valence electrons. The Morgan fingerprint density at radius 2 is 1.78 bits per heavy atom. The van der Waals surface area contributed by atoms with Gasteiger partial charge in [0.2, 0.25) is 10.0 Å². The van der Waals surface area contributed by atoms with Crippen LogP contribution in [0.25, 0.3) is 11.1 Å². The van der Waals surface area contributed by atoms with Crippen LogP contribution in [0.5, 0.6) is 0 Å². The van der Waals surface area contributed by atoms with Crippen molar-refractivity contribution in [3.8, 4) is 11.1 Å². The zero-order chi connectivity index (χ0) is 25.0. The molecule has 3 heterocycles. The van der Waals surface area contributed by atoms with Crippen molar-refractivity contribution in [1.29, 1.82) is 0 Å². The molecular formula is C28H36N4O3S. The summed E-state index contributed by atoms with van der Waals surface area (Å²) < 4.78 is 26.3. The second kappa shape index (κ2) is 9.15. The smallest absolute Gasteiger partial charge is 0.250 e. The zero-order valence-electron chi connectivity index (χ0n) is 21.0. The van der Waals surface area contributed by atoms with Gasteiger partial charge >= 0.3 is 0 Å². The molecule has 0 spiro atoms. The Hall–Kier alpha value is -2.42. The highest BCUT2D eigenvalue weighted by atomic mass is 32.2. The maximum atomic E-state index is 12.5. The Kier molecular flexibility index (Phi) is 6.09. The molecule has 1 amide bonds. The molecular weight excluding hydrogens is 472 g/mol. The van der Waals surface area contributed by atoms with Gasteiger partial charge in [-0.3, -0.25) is 9.69 Å². The molecule has 6 rings (SSSR count). The number of amides is 1. The number of anilines is 1. The molecule has 0 radical (unpaired) electrons. The lowest BCUT2D eigenvalue weighted by atomic mass is 9.80. The number of carbonyl (C=O) groups is 1. The van der Waals surface area contributed by atoms with E-state index in [2.05, 4.69) is 34.5 Å². The first-order chi connectivity index (χ1) is 17.3. The van der Waals surface area contributed by atoms with E-state index in [9.17, 15) is 13.2 Å². The molecule has 1 atom stereocenters. The molecule has 7 nitrogen and oxygen atoms in total. The predicted octanol–water partition coefficient (Wildman–Crippen LogP) is 3.75. The highest BCUT2D eigenvalue weighted by Gasteiger charge is 2.36. The number of hydrogen-bond acceptors (Lipinski definition) is 5. The van der Waals surface area contributed by atoms with Gasteiger partial charge in [0.05, 0.1) is 17.0 Å². The lowest BCUT2D eigenvalue weighted by Gasteiger charge is -2.34. The first kappa shape index (κ1) is 23.9. The van der Waals surface area contributed by atoms with Gasteiger partial charge in [0.15, 0.2) is 0 Å². The molecule has 0 bridgehead atoms. The van der Waals surface area contributed by atoms with E-state index < -0.39 is 15.9 Å². The third-order valence-electron chi connectivity index (χ3n) is 8.70. The van der Waals surface area contributed by atoms with Crippen LogP contribution in [0.15, 0.2) is 30.3 Å². The van der Waals surface area contributed by atoms with Crippen LogP contribution >= 0.6 is 0 Å². The van der Waals surface area contributed by atoms with Crippen LogP contribution in [0.2, 0.25) is 0 Å². The van der Waals surface area contributed by atoms with Crippen LogP contribution in [0, 0.1) is 11.8 Å². The first-order valence-corrected chi connectivity index (χ1v) is 15.0. The number of primary amides is 1. The molecule has 0 aromatic heterocycles. The molecule has 2 aromatic carbocycles. The molecule has 1 aliphatic carbocycles. The van der Waals surface area contributed by atoms with E-state index in [4.69, 9.17) is 5.73 Å². The van der Waals surface area contributed by atoms with Gasteiger partial charge in [-0.15, -0.1) is 0 Å². The first-order valence-electron chi connectivity index (χ1n) is 13.4. The van der Waals surface area contributed by atoms with Crippen molar-refractivity contribution in [2.24, 2.45) is 17.6 Å². The molecule has 1 saturated heterocycles. The highest BCUT2D eigenvalue weighted by molar-refractivity contribution is 7.89. The van der Waals surface area contributed by atoms with Crippen LogP contribution in [-0.2, 0) is 23.1 Å². The standard InChI is InChI=1S/C28H36N4O3S/c1-2-36(34,35)32-9-7-19(8-10-32)26-14-30-27-24(26)12-22(13-25(27)28(29)33)20-5-6-21-16-31(15-18-3-4-18)17-23(21)11-20/h5-6,11-13,18-19,26,30H,2-4,7-10,14-17H2,1H3,(H2,29,33). The van der Waals surface area contributed by atoms with E-state index in [1.165, 1.54) is 30.5 Å². The van der Waals surface area contributed by atoms with Gasteiger partial charge in [0, 0.05) is 45.2 Å². The fraction of sp³-hybridized carbons (Fsp3) is 0.536. The average molecular weight is 509 g/mol. The molecule has 2 aromatic rings. The Morgan fingerprint density at radius 3 is 2.47 bits per heavy atom. The molecule has 36 heavy (non-hydrogen) atoms. The van der Waals surface area contributed by atoms with Crippen molar-refractivity contribution in [2.75, 3.05) is 37.2 Å². The fourth-order valence-electron chi connectivity index (χ4n) is 6.44. The van der Waals surface area contributed by atoms with E-state index in [-0.39, 0.29) is 11.7 Å². The van der Waals surface area contributed by atoms with Gasteiger partial charge in [-0.25, -0.2) is 12.7 Å². The van der Waals surface area contributed by atoms with E-state index in [0.29, 0.717) is 24.6 Å². The van der Waals surface area contributed by atoms with Gasteiger partial charge in [0.1, 0.15) is 0 Å². The average Bonchev–Trinajstić information content (AvgIpc) is 3.44. The summed E-state index contributed by atoms with van der Waals surface area (Å²) >= 11 is 0. The van der Waals surface area contributed by atoms with Gasteiger partial charge in [0.25, 0.3) is 5.91 Å². The van der Waals surface area contributed by atoms with E-state index >= 15 is 0 Å². The quantitative estimate of drug-likeness (QED) is 0.594. The predicted molar refractivity (Wildman–Crippen MR) is 142 cm³/mol. The summed E-state index contributed by atoms with van der Waals surface area (Å²) in [4.78, 5) is 15.0. The molecule has 3 aliphatic heterocycles. The number of hydrogen-bond donors (Lipinski definition) is 2. The number of benzene rings is 2. The Bertz CT molecular complexity index is 1300. The molecule has 2 fully saturated rings. The van der Waals surface area contributed by atoms with Crippen molar-refractivity contribution < 1.29 is 13.2 Å². The number of nitrogens with zero attached hydrogens (tertiary/aromatic N) is 2. The maximum Gasteiger partial charge on any atom is 0.250 e. The SMILES string of the molecule is CCS(=O)(=O)N1CCC(C2CNc3c(C(N)=O)cc(-c4ccc5c(c4)CN(CC4CC4)C5)cc32)CC1. The van der Waals surface area contributed by atoms with Gasteiger partial charge in [-0.1, -0.05) is 12.1 Å². The molecule has 8 heteroatoms. The van der Waals surface area contributed by atoms with E-state index in [0.717, 1.165) is 60.8 Å². The third-order valence-corrected chi connectivity index (χ3v) is 10.6. The number of carbonyl (C=O) groups excluding carboxylic acids is 1. The van der Waals surface area contributed by atoms with Gasteiger partial charge < -0.3 is 11.1 Å². The summed E-state index contributed by atoms with van der Waals surface area (Å²) in [5.41, 5.74) is 13.3. The van der Waals surface area contributed by atoms with Crippen LogP contribution in [0.4, 0.5) is 5.69 Å². The second-order valence-electron chi connectivity index (χ2n) is 11.1. The van der Waals surface area contributed by atoms with Crippen molar-refractivity contribution >= 4 is 21.6 Å². The van der Waals surface area contributed by atoms with Crippen molar-refractivity contribution in [2.45, 2.75) is 51.6 Å². The van der Waals surface area contributed by atoms with Crippen molar-refractivity contribution in [3.05, 3.63) is 52.6 Å². The van der Waals surface area contributed by atoms with Gasteiger partial charge in [-0.2, -0.15) is 0 Å². The lowest BCUT2D eigenvalue weighted by Crippen LogP contribution is -2.40. The minimum Gasteiger partial charge on any atom is -0.384 e. The highest BCUT2D eigenvalue weighted by Crippen LogP contribution is 2.44. The summed E-state index contributed by atoms with van der Waals surface area (Å²) in [6, 6.07) is 10.9. The lowest BCUT2D eigenvalue weighted by molar-refractivity contribution is 0.100. The topological polar surface area (TPSA) is 95.7 Å². The Balaban J connectivity index is 1.27. The van der Waals surface area contributed by atoms with E-state index in [1.54, 1.807) is 11.2 Å². The summed E-state index contributed by atoms with van der Waals surface area (Å²) in [7, 11) is -3.15. The van der Waals surface area contributed by atoms with Crippen LogP contribution < -0.4 is 11.1 Å². The number of sulfonamides is 1. The van der Waals surface area contributed by atoms with Crippen molar-refractivity contribution in [3.63, 3.8) is 0 Å². The molecule has 3 N–H and O–H groups in total. The maximum absolute atomic E-state index is 12.5. The number of nitrogens with two attached hydrogens (primary N) is 1. The van der Waals surface area contributed by atoms with Crippen LogP contribution in [-0.4, -0.2) is 55.5 Å². The summed E-state index contributed by atoms with van der Waals surface area (Å²) in [6.45, 7) is 6.81. The largest absolute Gasteiger partial charge is 0.384 e.